The Labute approximate surface area is 87.9 Å². The van der Waals surface area contributed by atoms with Crippen LogP contribution in [0.5, 0.6) is 0 Å². The lowest BCUT2D eigenvalue weighted by Crippen LogP contribution is -2.38. The summed E-state index contributed by atoms with van der Waals surface area (Å²) in [5, 5.41) is 0. The van der Waals surface area contributed by atoms with Crippen LogP contribution in [0.1, 0.15) is 12.8 Å². The third-order valence-electron chi connectivity index (χ3n) is 3.62. The molecule has 0 aromatic heterocycles. The Balaban J connectivity index is 1.75. The van der Waals surface area contributed by atoms with Crippen molar-refractivity contribution in [1.82, 2.24) is 4.90 Å². The number of hydrogen-bond acceptors (Lipinski definition) is 3. The molecule has 0 aromatic rings. The topological polar surface area (TPSA) is 46.6 Å². The molecule has 2 aliphatic carbocycles. The zero-order chi connectivity index (χ0) is 10.4. The van der Waals surface area contributed by atoms with Crippen molar-refractivity contribution in [2.45, 2.75) is 12.8 Å². The largest absolute Gasteiger partial charge is 0.447 e. The second-order valence-electron chi connectivity index (χ2n) is 4.49. The monoisotopic (exact) mass is 207 g/mol. The molecular formula is C11H13NO3. The number of nitrogens with zero attached hydrogens (tertiary/aromatic N) is 1. The third-order valence-corrected chi connectivity index (χ3v) is 3.62. The van der Waals surface area contributed by atoms with Crippen LogP contribution in [0, 0.1) is 17.8 Å². The molecule has 15 heavy (non-hydrogen) atoms. The lowest BCUT2D eigenvalue weighted by atomic mass is 9.92. The number of imide groups is 1. The number of amides is 2. The molecule has 1 aliphatic heterocycles. The van der Waals surface area contributed by atoms with E-state index < -0.39 is 6.09 Å². The molecule has 0 spiro atoms. The number of rotatable bonds is 1. The first-order valence-corrected chi connectivity index (χ1v) is 5.42. The van der Waals surface area contributed by atoms with Crippen LogP contribution < -0.4 is 0 Å². The second kappa shape index (κ2) is 3.08. The molecule has 0 aromatic carbocycles. The van der Waals surface area contributed by atoms with E-state index in [-0.39, 0.29) is 11.8 Å². The van der Waals surface area contributed by atoms with Gasteiger partial charge in [-0.2, -0.15) is 0 Å². The van der Waals surface area contributed by atoms with Gasteiger partial charge >= 0.3 is 6.09 Å². The SMILES string of the molecule is O=C1OCCN1C(=O)[C@@H]1C[C@@H]2C=C[C@H]1C2. The molecule has 4 nitrogen and oxygen atoms in total. The molecule has 1 saturated carbocycles. The van der Waals surface area contributed by atoms with Gasteiger partial charge < -0.3 is 4.74 Å². The van der Waals surface area contributed by atoms with Crippen molar-refractivity contribution in [2.24, 2.45) is 17.8 Å². The Hall–Kier alpha value is -1.32. The van der Waals surface area contributed by atoms with E-state index >= 15 is 0 Å². The van der Waals surface area contributed by atoms with E-state index in [4.69, 9.17) is 4.74 Å². The maximum Gasteiger partial charge on any atom is 0.416 e. The van der Waals surface area contributed by atoms with Crippen molar-refractivity contribution >= 4 is 12.0 Å². The molecule has 1 saturated heterocycles. The highest BCUT2D eigenvalue weighted by Gasteiger charge is 2.43. The van der Waals surface area contributed by atoms with Gasteiger partial charge in [-0.05, 0) is 24.7 Å². The summed E-state index contributed by atoms with van der Waals surface area (Å²) >= 11 is 0. The van der Waals surface area contributed by atoms with E-state index in [1.54, 1.807) is 0 Å². The van der Waals surface area contributed by atoms with Crippen molar-refractivity contribution in [3.8, 4) is 0 Å². The first-order chi connectivity index (χ1) is 7.25. The lowest BCUT2D eigenvalue weighted by molar-refractivity contribution is -0.132. The summed E-state index contributed by atoms with van der Waals surface area (Å²) in [6.07, 6.45) is 5.84. The predicted molar refractivity (Wildman–Crippen MR) is 51.9 cm³/mol. The van der Waals surface area contributed by atoms with Crippen LogP contribution in [0.3, 0.4) is 0 Å². The average molecular weight is 207 g/mol. The van der Waals surface area contributed by atoms with Gasteiger partial charge in [0.2, 0.25) is 5.91 Å². The van der Waals surface area contributed by atoms with Crippen molar-refractivity contribution in [1.29, 1.82) is 0 Å². The number of cyclic esters (lactones) is 1. The molecular weight excluding hydrogens is 194 g/mol. The fraction of sp³-hybridized carbons (Fsp3) is 0.636. The van der Waals surface area contributed by atoms with Crippen LogP contribution in [0.4, 0.5) is 4.79 Å². The van der Waals surface area contributed by atoms with Crippen LogP contribution in [-0.2, 0) is 9.53 Å². The number of fused-ring (bicyclic) bond motifs is 2. The second-order valence-corrected chi connectivity index (χ2v) is 4.49. The fourth-order valence-corrected chi connectivity index (χ4v) is 2.86. The van der Waals surface area contributed by atoms with E-state index in [2.05, 4.69) is 12.2 Å². The van der Waals surface area contributed by atoms with Crippen molar-refractivity contribution in [3.63, 3.8) is 0 Å². The van der Waals surface area contributed by atoms with E-state index in [0.29, 0.717) is 25.0 Å². The summed E-state index contributed by atoms with van der Waals surface area (Å²) in [5.74, 6) is 0.901. The highest BCUT2D eigenvalue weighted by atomic mass is 16.6. The van der Waals surface area contributed by atoms with Gasteiger partial charge in [-0.25, -0.2) is 9.69 Å². The Bertz CT molecular complexity index is 350. The lowest BCUT2D eigenvalue weighted by Gasteiger charge is -2.20. The van der Waals surface area contributed by atoms with Crippen molar-refractivity contribution in [3.05, 3.63) is 12.2 Å². The molecule has 0 N–H and O–H groups in total. The highest BCUT2D eigenvalue weighted by Crippen LogP contribution is 2.44. The molecule has 2 fully saturated rings. The molecule has 1 heterocycles. The zero-order valence-corrected chi connectivity index (χ0v) is 8.39. The van der Waals surface area contributed by atoms with E-state index in [1.807, 2.05) is 0 Å². The number of allylic oxidation sites excluding steroid dienone is 2. The van der Waals surface area contributed by atoms with Crippen LogP contribution in [-0.4, -0.2) is 30.1 Å². The van der Waals surface area contributed by atoms with Crippen molar-refractivity contribution in [2.75, 3.05) is 13.2 Å². The highest BCUT2D eigenvalue weighted by molar-refractivity contribution is 5.94. The number of carbonyl (C=O) groups excluding carboxylic acids is 2. The Morgan fingerprint density at radius 2 is 2.27 bits per heavy atom. The quantitative estimate of drug-likeness (QED) is 0.606. The van der Waals surface area contributed by atoms with Crippen LogP contribution >= 0.6 is 0 Å². The van der Waals surface area contributed by atoms with E-state index in [9.17, 15) is 9.59 Å². The molecule has 0 radical (unpaired) electrons. The average Bonchev–Trinajstić information content (AvgIpc) is 2.91. The van der Waals surface area contributed by atoms with Gasteiger partial charge in [-0.1, -0.05) is 12.2 Å². The van der Waals surface area contributed by atoms with Crippen molar-refractivity contribution < 1.29 is 14.3 Å². The predicted octanol–water partition coefficient (Wildman–Crippen LogP) is 1.18. The summed E-state index contributed by atoms with van der Waals surface area (Å²) in [5.41, 5.74) is 0. The molecule has 3 rings (SSSR count). The van der Waals surface area contributed by atoms with E-state index in [0.717, 1.165) is 12.8 Å². The minimum atomic E-state index is -0.466. The van der Waals surface area contributed by atoms with Gasteiger partial charge in [-0.15, -0.1) is 0 Å². The number of ether oxygens (including phenoxy) is 1. The third kappa shape index (κ3) is 1.28. The molecule has 0 unspecified atom stereocenters. The molecule has 4 heteroatoms. The van der Waals surface area contributed by atoms with Gasteiger partial charge in [-0.3, -0.25) is 4.79 Å². The molecule has 80 valence electrons. The van der Waals surface area contributed by atoms with E-state index in [1.165, 1.54) is 4.90 Å². The van der Waals surface area contributed by atoms with Gasteiger partial charge in [0, 0.05) is 5.92 Å². The van der Waals surface area contributed by atoms with Crippen LogP contribution in [0.25, 0.3) is 0 Å². The molecule has 3 atom stereocenters. The summed E-state index contributed by atoms with van der Waals surface area (Å²) in [6.45, 7) is 0.774. The summed E-state index contributed by atoms with van der Waals surface area (Å²) in [7, 11) is 0. The maximum atomic E-state index is 12.0. The Morgan fingerprint density at radius 3 is 2.80 bits per heavy atom. The van der Waals surface area contributed by atoms with Crippen LogP contribution in [0.15, 0.2) is 12.2 Å². The molecule has 3 aliphatic rings. The normalized spacial score (nSPS) is 37.5. The Morgan fingerprint density at radius 1 is 1.40 bits per heavy atom. The standard InChI is InChI=1S/C11H13NO3/c13-10(12-3-4-15-11(12)14)9-6-7-1-2-8(9)5-7/h1-2,7-9H,3-6H2/t7-,8+,9-/m1/s1. The van der Waals surface area contributed by atoms with Gasteiger partial charge in [0.1, 0.15) is 6.61 Å². The summed E-state index contributed by atoms with van der Waals surface area (Å²) < 4.78 is 4.77. The first kappa shape index (κ1) is 8.95. The molecule has 2 amide bonds. The summed E-state index contributed by atoms with van der Waals surface area (Å²) in [4.78, 5) is 24.5. The van der Waals surface area contributed by atoms with Gasteiger partial charge in [0.05, 0.1) is 6.54 Å². The molecule has 2 bridgehead atoms. The summed E-state index contributed by atoms with van der Waals surface area (Å²) in [6, 6.07) is 0. The first-order valence-electron chi connectivity index (χ1n) is 5.42. The smallest absolute Gasteiger partial charge is 0.416 e. The van der Waals surface area contributed by atoms with Gasteiger partial charge in [0.25, 0.3) is 0 Å². The number of carbonyl (C=O) groups is 2. The fourth-order valence-electron chi connectivity index (χ4n) is 2.86. The maximum absolute atomic E-state index is 12.0. The van der Waals surface area contributed by atoms with Gasteiger partial charge in [0.15, 0.2) is 0 Å². The minimum Gasteiger partial charge on any atom is -0.447 e. The van der Waals surface area contributed by atoms with Crippen LogP contribution in [0.2, 0.25) is 0 Å². The number of hydrogen-bond donors (Lipinski definition) is 0. The zero-order valence-electron chi connectivity index (χ0n) is 8.39. The Kier molecular flexibility index (Phi) is 1.84. The minimum absolute atomic E-state index is 0.0191.